The highest BCUT2D eigenvalue weighted by Crippen LogP contribution is 2.08. The van der Waals surface area contributed by atoms with E-state index in [1.807, 2.05) is 0 Å². The maximum Gasteiger partial charge on any atom is 0.0909 e. The average Bonchev–Trinajstić information content (AvgIpc) is 2.12. The molecule has 0 saturated carbocycles. The SMILES string of the molecule is COC1=N[N-]1. The molecule has 1 aliphatic heterocycles. The van der Waals surface area contributed by atoms with Crippen LogP contribution in [0, 0.1) is 0 Å². The van der Waals surface area contributed by atoms with Gasteiger partial charge in [0.1, 0.15) is 0 Å². The third kappa shape index (κ3) is 0.289. The molecule has 0 radical (unpaired) electrons. The minimum absolute atomic E-state index is 0.505. The monoisotopic (exact) mass is 71.0 g/mol. The molecule has 0 fully saturated rings. The Morgan fingerprint density at radius 1 is 2.00 bits per heavy atom. The topological polar surface area (TPSA) is 35.7 Å². The van der Waals surface area contributed by atoms with E-state index in [4.69, 9.17) is 0 Å². The summed E-state index contributed by atoms with van der Waals surface area (Å²) in [5.41, 5.74) is 3.34. The summed E-state index contributed by atoms with van der Waals surface area (Å²) in [4.78, 5) is 0. The normalized spacial score (nSPS) is 15.8. The molecule has 1 rings (SSSR count). The Hall–Kier alpha value is -0.730. The molecule has 1 aliphatic rings. The van der Waals surface area contributed by atoms with Gasteiger partial charge in [0, 0.05) is 0 Å². The number of hydrogen-bond acceptors (Lipinski definition) is 2. The highest BCUT2D eigenvalue weighted by atomic mass is 16.5. The first-order chi connectivity index (χ1) is 2.43. The molecule has 3 heteroatoms. The van der Waals surface area contributed by atoms with Crippen molar-refractivity contribution in [2.75, 3.05) is 7.11 Å². The van der Waals surface area contributed by atoms with Crippen LogP contribution >= 0.6 is 0 Å². The second-order valence-corrected chi connectivity index (χ2v) is 0.687. The van der Waals surface area contributed by atoms with Gasteiger partial charge in [0.2, 0.25) is 0 Å². The Morgan fingerprint density at radius 3 is 2.60 bits per heavy atom. The molecule has 0 aromatic rings. The maximum atomic E-state index is 4.44. The van der Waals surface area contributed by atoms with Crippen molar-refractivity contribution in [2.24, 2.45) is 5.10 Å². The summed E-state index contributed by atoms with van der Waals surface area (Å²) in [7, 11) is 1.54. The Morgan fingerprint density at radius 2 is 2.60 bits per heavy atom. The molecule has 0 N–H and O–H groups in total. The molecule has 0 atom stereocenters. The van der Waals surface area contributed by atoms with Gasteiger partial charge in [-0.1, -0.05) is 0 Å². The molecule has 0 amide bonds. The Kier molecular flexibility index (Phi) is 0.304. The van der Waals surface area contributed by atoms with Crippen LogP contribution in [0.1, 0.15) is 0 Å². The fraction of sp³-hybridized carbons (Fsp3) is 0.500. The molecular formula is C2H3N2O-. The quantitative estimate of drug-likeness (QED) is 0.404. The van der Waals surface area contributed by atoms with Crippen molar-refractivity contribution < 1.29 is 4.74 Å². The largest absolute Gasteiger partial charge is 0.505 e. The van der Waals surface area contributed by atoms with E-state index in [0.29, 0.717) is 6.02 Å². The van der Waals surface area contributed by atoms with E-state index in [9.17, 15) is 0 Å². The van der Waals surface area contributed by atoms with E-state index in [2.05, 4.69) is 15.3 Å². The van der Waals surface area contributed by atoms with Gasteiger partial charge < -0.3 is 15.3 Å². The van der Waals surface area contributed by atoms with Gasteiger partial charge >= 0.3 is 0 Å². The molecule has 0 spiro atoms. The molecule has 0 aromatic heterocycles. The minimum Gasteiger partial charge on any atom is -0.505 e. The summed E-state index contributed by atoms with van der Waals surface area (Å²) in [5, 5.41) is 3.34. The third-order valence-electron chi connectivity index (χ3n) is 0.364. The highest BCUT2D eigenvalue weighted by molar-refractivity contribution is 5.98. The van der Waals surface area contributed by atoms with Gasteiger partial charge in [0.25, 0.3) is 0 Å². The number of ether oxygens (including phenoxy) is 1. The zero-order valence-corrected chi connectivity index (χ0v) is 2.80. The molecule has 0 unspecified atom stereocenters. The van der Waals surface area contributed by atoms with Gasteiger partial charge in [-0.15, -0.1) is 0 Å². The number of methoxy groups -OCH3 is 1. The summed E-state index contributed by atoms with van der Waals surface area (Å²) >= 11 is 0. The molecule has 0 aliphatic carbocycles. The average molecular weight is 71.1 g/mol. The van der Waals surface area contributed by atoms with Gasteiger partial charge in [-0.25, -0.2) is 0 Å². The van der Waals surface area contributed by atoms with Crippen LogP contribution in [0.3, 0.4) is 0 Å². The van der Waals surface area contributed by atoms with E-state index in [1.165, 1.54) is 7.11 Å². The number of amidine groups is 1. The lowest BCUT2D eigenvalue weighted by Crippen LogP contribution is -1.76. The van der Waals surface area contributed by atoms with Crippen molar-refractivity contribution in [2.45, 2.75) is 0 Å². The van der Waals surface area contributed by atoms with E-state index in [-0.39, 0.29) is 0 Å². The number of rotatable bonds is 0. The van der Waals surface area contributed by atoms with Crippen LogP contribution in [0.25, 0.3) is 5.43 Å². The fourth-order valence-corrected chi connectivity index (χ4v) is 0.102. The predicted octanol–water partition coefficient (Wildman–Crippen LogP) is 0.291. The van der Waals surface area contributed by atoms with Crippen molar-refractivity contribution in [3.63, 3.8) is 0 Å². The van der Waals surface area contributed by atoms with Gasteiger partial charge in [-0.05, 0) is 0 Å². The molecular weight excluding hydrogens is 68.0 g/mol. The van der Waals surface area contributed by atoms with Crippen LogP contribution in [-0.2, 0) is 4.74 Å². The van der Waals surface area contributed by atoms with Crippen LogP contribution in [0.15, 0.2) is 5.10 Å². The lowest BCUT2D eigenvalue weighted by Gasteiger charge is -1.84. The molecule has 5 heavy (non-hydrogen) atoms. The number of nitrogens with zero attached hydrogens (tertiary/aromatic N) is 2. The molecule has 0 saturated heterocycles. The first-order valence-electron chi connectivity index (χ1n) is 1.26. The third-order valence-corrected chi connectivity index (χ3v) is 0.364. The molecule has 1 heterocycles. The van der Waals surface area contributed by atoms with Crippen molar-refractivity contribution in [1.29, 1.82) is 0 Å². The Bertz CT molecular complexity index is 68.0. The van der Waals surface area contributed by atoms with Crippen molar-refractivity contribution in [3.05, 3.63) is 5.43 Å². The molecule has 0 bridgehead atoms. The zero-order valence-electron chi connectivity index (χ0n) is 2.80. The Labute approximate surface area is 29.6 Å². The van der Waals surface area contributed by atoms with E-state index < -0.39 is 0 Å². The van der Waals surface area contributed by atoms with Crippen LogP contribution < -0.4 is 0 Å². The van der Waals surface area contributed by atoms with Gasteiger partial charge in [0.15, 0.2) is 0 Å². The second-order valence-electron chi connectivity index (χ2n) is 0.687. The van der Waals surface area contributed by atoms with E-state index in [1.54, 1.807) is 0 Å². The summed E-state index contributed by atoms with van der Waals surface area (Å²) < 4.78 is 4.44. The first-order valence-corrected chi connectivity index (χ1v) is 1.26. The standard InChI is InChI=1S/C2H3N2O/c1-5-2-3-4-2/h1H3/q-1. The van der Waals surface area contributed by atoms with Gasteiger partial charge in [-0.2, -0.15) is 0 Å². The first kappa shape index (κ1) is 2.50. The molecule has 0 aromatic carbocycles. The minimum atomic E-state index is 0.505. The maximum absolute atomic E-state index is 4.44. The zero-order chi connectivity index (χ0) is 3.70. The lowest BCUT2D eigenvalue weighted by atomic mass is 11.3. The van der Waals surface area contributed by atoms with E-state index in [0.717, 1.165) is 0 Å². The van der Waals surface area contributed by atoms with Crippen LogP contribution in [0.2, 0.25) is 0 Å². The lowest BCUT2D eigenvalue weighted by molar-refractivity contribution is 0.417. The summed E-state index contributed by atoms with van der Waals surface area (Å²) in [5.74, 6) is 0. The summed E-state index contributed by atoms with van der Waals surface area (Å²) in [6.07, 6.45) is 0. The summed E-state index contributed by atoms with van der Waals surface area (Å²) in [6, 6.07) is 0.505. The van der Waals surface area contributed by atoms with Crippen molar-refractivity contribution in [1.82, 2.24) is 0 Å². The van der Waals surface area contributed by atoms with Crippen LogP contribution in [0.4, 0.5) is 0 Å². The smallest absolute Gasteiger partial charge is 0.0909 e. The Balaban J connectivity index is 2.22. The highest BCUT2D eigenvalue weighted by Gasteiger charge is 1.83. The van der Waals surface area contributed by atoms with Crippen molar-refractivity contribution >= 4 is 6.02 Å². The van der Waals surface area contributed by atoms with Crippen LogP contribution in [0.5, 0.6) is 0 Å². The van der Waals surface area contributed by atoms with Gasteiger partial charge in [-0.3, -0.25) is 0 Å². The predicted molar refractivity (Wildman–Crippen MR) is 17.8 cm³/mol. The number of hydrogen-bond donors (Lipinski definition) is 0. The fourth-order valence-electron chi connectivity index (χ4n) is 0.102. The molecule has 28 valence electrons. The van der Waals surface area contributed by atoms with E-state index >= 15 is 0 Å². The van der Waals surface area contributed by atoms with Gasteiger partial charge in [0.05, 0.1) is 13.1 Å². The summed E-state index contributed by atoms with van der Waals surface area (Å²) in [6.45, 7) is 0. The molecule has 3 nitrogen and oxygen atoms in total. The van der Waals surface area contributed by atoms with Crippen molar-refractivity contribution in [3.8, 4) is 0 Å². The van der Waals surface area contributed by atoms with Crippen LogP contribution in [-0.4, -0.2) is 13.1 Å². The second kappa shape index (κ2) is 0.607.